The Morgan fingerprint density at radius 1 is 1.58 bits per heavy atom. The van der Waals surface area contributed by atoms with Crippen molar-refractivity contribution in [3.05, 3.63) is 11.2 Å². The summed E-state index contributed by atoms with van der Waals surface area (Å²) in [6.07, 6.45) is 4.51. The third kappa shape index (κ3) is 2.79. The summed E-state index contributed by atoms with van der Waals surface area (Å²) in [5, 5.41) is 13.0. The van der Waals surface area contributed by atoms with Gasteiger partial charge in [0.25, 0.3) is 10.0 Å². The lowest BCUT2D eigenvalue weighted by Crippen LogP contribution is -2.45. The molecule has 1 aromatic rings. The van der Waals surface area contributed by atoms with Crippen molar-refractivity contribution in [1.29, 1.82) is 0 Å². The van der Waals surface area contributed by atoms with Crippen molar-refractivity contribution < 1.29 is 13.5 Å². The fraction of sp³-hybridized carbons (Fsp3) is 0.727. The Labute approximate surface area is 118 Å². The minimum Gasteiger partial charge on any atom is -0.396 e. The van der Waals surface area contributed by atoms with Gasteiger partial charge in [-0.1, -0.05) is 18.0 Å². The molecule has 0 aliphatic heterocycles. The average Bonchev–Trinajstić information content (AvgIpc) is 2.61. The van der Waals surface area contributed by atoms with E-state index in [2.05, 4.69) is 5.10 Å². The van der Waals surface area contributed by atoms with E-state index in [0.717, 1.165) is 19.3 Å². The lowest BCUT2D eigenvalue weighted by molar-refractivity contribution is 0.197. The molecule has 0 atom stereocenters. The Kier molecular flexibility index (Phi) is 4.50. The van der Waals surface area contributed by atoms with Gasteiger partial charge in [-0.15, -0.1) is 0 Å². The highest BCUT2D eigenvalue weighted by atomic mass is 35.5. The predicted molar refractivity (Wildman–Crippen MR) is 71.5 cm³/mol. The molecule has 1 heterocycles. The normalized spacial score (nSPS) is 16.8. The Balaban J connectivity index is 2.33. The predicted octanol–water partition coefficient (Wildman–Crippen LogP) is 0.999. The van der Waals surface area contributed by atoms with Crippen LogP contribution >= 0.6 is 11.6 Å². The Morgan fingerprint density at radius 2 is 2.26 bits per heavy atom. The summed E-state index contributed by atoms with van der Waals surface area (Å²) >= 11 is 5.94. The number of sulfonamides is 1. The number of rotatable bonds is 6. The maximum Gasteiger partial charge on any atom is 0.261 e. The molecule has 1 N–H and O–H groups in total. The van der Waals surface area contributed by atoms with Gasteiger partial charge in [0.05, 0.1) is 11.2 Å². The summed E-state index contributed by atoms with van der Waals surface area (Å²) in [4.78, 5) is 0. The lowest BCUT2D eigenvalue weighted by Gasteiger charge is -2.36. The van der Waals surface area contributed by atoms with Gasteiger partial charge in [-0.25, -0.2) is 8.42 Å². The fourth-order valence-electron chi connectivity index (χ4n) is 2.20. The summed E-state index contributed by atoms with van der Waals surface area (Å²) in [6.45, 7) is 0.281. The first-order valence-corrected chi connectivity index (χ1v) is 8.10. The summed E-state index contributed by atoms with van der Waals surface area (Å²) in [7, 11) is -2.10. The van der Waals surface area contributed by atoms with Gasteiger partial charge in [-0.05, 0) is 19.3 Å². The van der Waals surface area contributed by atoms with Crippen LogP contribution in [-0.4, -0.2) is 46.8 Å². The van der Waals surface area contributed by atoms with Crippen LogP contribution < -0.4 is 0 Å². The van der Waals surface area contributed by atoms with Gasteiger partial charge >= 0.3 is 0 Å². The molecule has 0 aromatic carbocycles. The summed E-state index contributed by atoms with van der Waals surface area (Å²) in [5.41, 5.74) is 0. The van der Waals surface area contributed by atoms with Crippen molar-refractivity contribution in [2.75, 3.05) is 13.2 Å². The van der Waals surface area contributed by atoms with E-state index < -0.39 is 10.0 Å². The molecule has 0 unspecified atom stereocenters. The number of nitrogens with zero attached hydrogens (tertiary/aromatic N) is 3. The molecule has 1 saturated carbocycles. The number of aryl methyl sites for hydroxylation is 1. The second-order valence-electron chi connectivity index (χ2n) is 4.70. The minimum atomic E-state index is -3.66. The molecule has 0 saturated heterocycles. The number of aromatic nitrogens is 2. The number of aliphatic hydroxyl groups excluding tert-OH is 1. The third-order valence-electron chi connectivity index (χ3n) is 3.41. The summed E-state index contributed by atoms with van der Waals surface area (Å²) in [5.74, 6) is 0. The van der Waals surface area contributed by atoms with Crippen molar-refractivity contribution in [2.24, 2.45) is 7.05 Å². The fourth-order valence-corrected chi connectivity index (χ4v) is 4.53. The standard InChI is InChI=1S/C11H18ClN3O3S/c1-14-11(10(12)8-13-14)19(17,18)15(6-3-7-16)9-4-2-5-9/h8-9,16H,2-7H2,1H3. The first kappa shape index (κ1) is 14.8. The van der Waals surface area contributed by atoms with Crippen molar-refractivity contribution in [3.63, 3.8) is 0 Å². The second-order valence-corrected chi connectivity index (χ2v) is 6.91. The quantitative estimate of drug-likeness (QED) is 0.850. The largest absolute Gasteiger partial charge is 0.396 e. The molecular formula is C11H18ClN3O3S. The van der Waals surface area contributed by atoms with Gasteiger partial charge in [0.2, 0.25) is 0 Å². The maximum atomic E-state index is 12.7. The van der Waals surface area contributed by atoms with Crippen LogP contribution in [0.4, 0.5) is 0 Å². The Morgan fingerprint density at radius 3 is 2.68 bits per heavy atom. The third-order valence-corrected chi connectivity index (χ3v) is 5.87. The van der Waals surface area contributed by atoms with Crippen LogP contribution in [0.3, 0.4) is 0 Å². The van der Waals surface area contributed by atoms with Gasteiger partial charge in [0.15, 0.2) is 5.03 Å². The van der Waals surface area contributed by atoms with Crippen molar-refractivity contribution in [1.82, 2.24) is 14.1 Å². The van der Waals surface area contributed by atoms with Crippen LogP contribution in [0, 0.1) is 0 Å². The molecule has 0 bridgehead atoms. The van der Waals surface area contributed by atoms with Gasteiger partial charge in [0, 0.05) is 26.2 Å². The highest BCUT2D eigenvalue weighted by Crippen LogP contribution is 2.32. The van der Waals surface area contributed by atoms with Crippen LogP contribution in [0.25, 0.3) is 0 Å². The smallest absolute Gasteiger partial charge is 0.261 e. The molecule has 0 amide bonds. The van der Waals surface area contributed by atoms with Crippen LogP contribution in [0.2, 0.25) is 5.02 Å². The van der Waals surface area contributed by atoms with Crippen LogP contribution in [0.15, 0.2) is 11.2 Å². The average molecular weight is 308 g/mol. The molecule has 1 fully saturated rings. The van der Waals surface area contributed by atoms with Gasteiger partial charge in [-0.2, -0.15) is 9.40 Å². The lowest BCUT2D eigenvalue weighted by atomic mass is 9.93. The SMILES string of the molecule is Cn1ncc(Cl)c1S(=O)(=O)N(CCCO)C1CCC1. The molecular weight excluding hydrogens is 290 g/mol. The van der Waals surface area contributed by atoms with Crippen LogP contribution in [0.5, 0.6) is 0 Å². The molecule has 8 heteroatoms. The van der Waals surface area contributed by atoms with E-state index >= 15 is 0 Å². The maximum absolute atomic E-state index is 12.7. The summed E-state index contributed by atoms with van der Waals surface area (Å²) < 4.78 is 28.1. The van der Waals surface area contributed by atoms with E-state index in [4.69, 9.17) is 16.7 Å². The molecule has 0 spiro atoms. The molecule has 1 aliphatic rings. The van der Waals surface area contributed by atoms with E-state index in [0.29, 0.717) is 13.0 Å². The van der Waals surface area contributed by atoms with Crippen molar-refractivity contribution in [3.8, 4) is 0 Å². The van der Waals surface area contributed by atoms with Crippen molar-refractivity contribution >= 4 is 21.6 Å². The Hall–Kier alpha value is -0.630. The number of halogens is 1. The van der Waals surface area contributed by atoms with E-state index in [1.165, 1.54) is 15.2 Å². The zero-order valence-corrected chi connectivity index (χ0v) is 12.4. The zero-order chi connectivity index (χ0) is 14.0. The van der Waals surface area contributed by atoms with E-state index in [1.54, 1.807) is 7.05 Å². The molecule has 19 heavy (non-hydrogen) atoms. The number of aliphatic hydroxyl groups is 1. The topological polar surface area (TPSA) is 75.4 Å². The van der Waals surface area contributed by atoms with Crippen LogP contribution in [0.1, 0.15) is 25.7 Å². The van der Waals surface area contributed by atoms with Gasteiger partial charge < -0.3 is 5.11 Å². The van der Waals surface area contributed by atoms with Gasteiger partial charge in [0.1, 0.15) is 0 Å². The molecule has 1 aromatic heterocycles. The monoisotopic (exact) mass is 307 g/mol. The molecule has 0 radical (unpaired) electrons. The van der Waals surface area contributed by atoms with Crippen LogP contribution in [-0.2, 0) is 17.1 Å². The van der Waals surface area contributed by atoms with E-state index in [-0.39, 0.29) is 22.7 Å². The molecule has 6 nitrogen and oxygen atoms in total. The summed E-state index contributed by atoms with van der Waals surface area (Å²) in [6, 6.07) is 0.0162. The molecule has 108 valence electrons. The highest BCUT2D eigenvalue weighted by molar-refractivity contribution is 7.89. The molecule has 2 rings (SSSR count). The zero-order valence-electron chi connectivity index (χ0n) is 10.8. The van der Waals surface area contributed by atoms with Gasteiger partial charge in [-0.3, -0.25) is 4.68 Å². The number of hydrogen-bond acceptors (Lipinski definition) is 4. The number of hydrogen-bond donors (Lipinski definition) is 1. The highest BCUT2D eigenvalue weighted by Gasteiger charge is 2.37. The minimum absolute atomic E-state index is 0.0162. The molecule has 1 aliphatic carbocycles. The second kappa shape index (κ2) is 5.78. The van der Waals surface area contributed by atoms with E-state index in [9.17, 15) is 8.42 Å². The van der Waals surface area contributed by atoms with E-state index in [1.807, 2.05) is 0 Å². The Bertz CT molecular complexity index is 520. The first-order valence-electron chi connectivity index (χ1n) is 6.28. The van der Waals surface area contributed by atoms with Crippen molar-refractivity contribution in [2.45, 2.75) is 36.8 Å². The first-order chi connectivity index (χ1) is 8.98.